The highest BCUT2D eigenvalue weighted by Gasteiger charge is 2.32. The van der Waals surface area contributed by atoms with Crippen molar-refractivity contribution in [3.8, 4) is 5.75 Å². The van der Waals surface area contributed by atoms with Crippen LogP contribution in [0.15, 0.2) is 77.6 Å². The van der Waals surface area contributed by atoms with Crippen LogP contribution in [0.5, 0.6) is 5.75 Å². The molecule has 192 valence electrons. The van der Waals surface area contributed by atoms with E-state index in [4.69, 9.17) is 4.74 Å². The van der Waals surface area contributed by atoms with Gasteiger partial charge in [0.1, 0.15) is 11.8 Å². The number of hydrogen-bond acceptors (Lipinski definition) is 6. The maximum absolute atomic E-state index is 13.6. The second-order valence-electron chi connectivity index (χ2n) is 9.76. The number of aromatic amines is 1. The molecule has 1 atom stereocenters. The third-order valence-corrected chi connectivity index (χ3v) is 7.46. The minimum Gasteiger partial charge on any atom is -0.497 e. The van der Waals surface area contributed by atoms with E-state index in [1.807, 2.05) is 36.4 Å². The Morgan fingerprint density at radius 1 is 1.00 bits per heavy atom. The first-order valence-electron chi connectivity index (χ1n) is 13.0. The molecule has 1 aliphatic heterocycles. The molecule has 1 unspecified atom stereocenters. The number of methoxy groups -OCH3 is 1. The van der Waals surface area contributed by atoms with Crippen molar-refractivity contribution >= 4 is 10.9 Å². The number of H-pyrrole nitrogens is 1. The van der Waals surface area contributed by atoms with Crippen LogP contribution in [0.4, 0.5) is 0 Å². The van der Waals surface area contributed by atoms with Crippen LogP contribution in [0.3, 0.4) is 0 Å². The van der Waals surface area contributed by atoms with Crippen LogP contribution < -0.4 is 10.3 Å². The molecule has 0 spiro atoms. The highest BCUT2D eigenvalue weighted by atomic mass is 16.5. The number of tetrazole rings is 1. The zero-order chi connectivity index (χ0) is 26.1. The summed E-state index contributed by atoms with van der Waals surface area (Å²) in [6.45, 7) is 4.13. The summed E-state index contributed by atoms with van der Waals surface area (Å²) in [6.07, 6.45) is 1.83. The van der Waals surface area contributed by atoms with Gasteiger partial charge in [-0.05, 0) is 81.2 Å². The van der Waals surface area contributed by atoms with Crippen molar-refractivity contribution in [2.45, 2.75) is 38.9 Å². The van der Waals surface area contributed by atoms with E-state index >= 15 is 0 Å². The molecule has 6 rings (SSSR count). The van der Waals surface area contributed by atoms with Gasteiger partial charge in [0.15, 0.2) is 5.82 Å². The van der Waals surface area contributed by atoms with Crippen molar-refractivity contribution < 1.29 is 4.74 Å². The van der Waals surface area contributed by atoms with Crippen molar-refractivity contribution in [3.05, 3.63) is 117 Å². The van der Waals surface area contributed by atoms with Crippen LogP contribution in [0.25, 0.3) is 10.9 Å². The molecule has 0 radical (unpaired) electrons. The van der Waals surface area contributed by atoms with Gasteiger partial charge in [-0.1, -0.05) is 49.4 Å². The van der Waals surface area contributed by atoms with Gasteiger partial charge < -0.3 is 9.72 Å². The van der Waals surface area contributed by atoms with E-state index in [0.717, 1.165) is 41.6 Å². The van der Waals surface area contributed by atoms with Gasteiger partial charge >= 0.3 is 0 Å². The lowest BCUT2D eigenvalue weighted by molar-refractivity contribution is 0.194. The van der Waals surface area contributed by atoms with Crippen LogP contribution in [0.1, 0.15) is 46.6 Å². The highest BCUT2D eigenvalue weighted by Crippen LogP contribution is 2.32. The molecule has 8 heteroatoms. The number of hydrogen-bond donors (Lipinski definition) is 1. The van der Waals surface area contributed by atoms with Gasteiger partial charge in [-0.2, -0.15) is 0 Å². The number of nitrogens with one attached hydrogen (secondary N) is 1. The van der Waals surface area contributed by atoms with Gasteiger partial charge in [0.2, 0.25) is 0 Å². The topological polar surface area (TPSA) is 88.9 Å². The number of benzene rings is 3. The smallest absolute Gasteiger partial charge is 0.253 e. The number of rotatable bonds is 7. The lowest BCUT2D eigenvalue weighted by Gasteiger charge is -2.34. The maximum Gasteiger partial charge on any atom is 0.253 e. The fourth-order valence-electron chi connectivity index (χ4n) is 5.36. The quantitative estimate of drug-likeness (QED) is 0.354. The molecule has 38 heavy (non-hydrogen) atoms. The van der Waals surface area contributed by atoms with E-state index in [-0.39, 0.29) is 5.56 Å². The van der Waals surface area contributed by atoms with E-state index in [1.165, 1.54) is 16.7 Å². The van der Waals surface area contributed by atoms with Crippen molar-refractivity contribution in [1.29, 1.82) is 0 Å². The van der Waals surface area contributed by atoms with Crippen LogP contribution in [0.2, 0.25) is 0 Å². The van der Waals surface area contributed by atoms with Crippen molar-refractivity contribution in [2.24, 2.45) is 0 Å². The molecule has 0 saturated heterocycles. The summed E-state index contributed by atoms with van der Waals surface area (Å²) in [6, 6.07) is 24.2. The zero-order valence-corrected chi connectivity index (χ0v) is 21.6. The molecule has 0 saturated carbocycles. The lowest BCUT2D eigenvalue weighted by Crippen LogP contribution is -2.38. The van der Waals surface area contributed by atoms with Crippen LogP contribution in [-0.4, -0.2) is 43.7 Å². The SMILES string of the molecule is CCc1ccc2[nH]c(=O)c(C(c3nnnn3Cc3ccc(OC)cc3)N3CCc4ccccc4C3)cc2c1. The van der Waals surface area contributed by atoms with E-state index < -0.39 is 6.04 Å². The first kappa shape index (κ1) is 24.1. The summed E-state index contributed by atoms with van der Waals surface area (Å²) < 4.78 is 7.11. The van der Waals surface area contributed by atoms with E-state index in [9.17, 15) is 4.79 Å². The highest BCUT2D eigenvalue weighted by molar-refractivity contribution is 5.80. The standard InChI is InChI=1S/C30H30N6O2/c1-3-20-10-13-27-24(16-20)17-26(30(37)31-27)28(35-15-14-22-6-4-5-7-23(22)19-35)29-32-33-34-36(29)18-21-8-11-25(38-2)12-9-21/h4-13,16-17,28H,3,14-15,18-19H2,1-2H3,(H,31,37). The Bertz CT molecular complexity index is 1640. The number of ether oxygens (including phenoxy) is 1. The number of aryl methyl sites for hydroxylation is 1. The lowest BCUT2D eigenvalue weighted by atomic mass is 9.95. The summed E-state index contributed by atoms with van der Waals surface area (Å²) in [4.78, 5) is 19.0. The summed E-state index contributed by atoms with van der Waals surface area (Å²) in [5.74, 6) is 1.45. The molecule has 0 bridgehead atoms. The van der Waals surface area contributed by atoms with Gasteiger partial charge in [0.25, 0.3) is 5.56 Å². The van der Waals surface area contributed by atoms with Crippen LogP contribution in [0, 0.1) is 0 Å². The Hall–Kier alpha value is -4.30. The van der Waals surface area contributed by atoms with Gasteiger partial charge in [0.05, 0.1) is 13.7 Å². The first-order valence-corrected chi connectivity index (χ1v) is 13.0. The molecule has 3 aromatic carbocycles. The fourth-order valence-corrected chi connectivity index (χ4v) is 5.36. The second-order valence-corrected chi connectivity index (χ2v) is 9.76. The molecule has 0 fully saturated rings. The minimum atomic E-state index is -0.407. The first-order chi connectivity index (χ1) is 18.6. The molecule has 5 aromatic rings. The average molecular weight is 507 g/mol. The Kier molecular flexibility index (Phi) is 6.47. The Balaban J connectivity index is 1.46. The minimum absolute atomic E-state index is 0.121. The second kappa shape index (κ2) is 10.2. The fraction of sp³-hybridized carbons (Fsp3) is 0.267. The number of nitrogens with zero attached hydrogens (tertiary/aromatic N) is 5. The van der Waals surface area contributed by atoms with Crippen molar-refractivity contribution in [3.63, 3.8) is 0 Å². The monoisotopic (exact) mass is 506 g/mol. The Labute approximate surface area is 220 Å². The summed E-state index contributed by atoms with van der Waals surface area (Å²) in [5, 5.41) is 13.9. The van der Waals surface area contributed by atoms with E-state index in [1.54, 1.807) is 11.8 Å². The zero-order valence-electron chi connectivity index (χ0n) is 21.6. The number of fused-ring (bicyclic) bond motifs is 2. The molecular weight excluding hydrogens is 476 g/mol. The summed E-state index contributed by atoms with van der Waals surface area (Å²) in [5.41, 5.74) is 6.24. The molecule has 0 aliphatic carbocycles. The Morgan fingerprint density at radius 3 is 2.58 bits per heavy atom. The van der Waals surface area contributed by atoms with Gasteiger partial charge in [-0.15, -0.1) is 5.10 Å². The Morgan fingerprint density at radius 2 is 1.79 bits per heavy atom. The molecule has 1 N–H and O–H groups in total. The molecule has 0 amide bonds. The predicted octanol–water partition coefficient (Wildman–Crippen LogP) is 4.28. The van der Waals surface area contributed by atoms with E-state index in [2.05, 4.69) is 68.7 Å². The molecule has 8 nitrogen and oxygen atoms in total. The predicted molar refractivity (Wildman–Crippen MR) is 146 cm³/mol. The summed E-state index contributed by atoms with van der Waals surface area (Å²) in [7, 11) is 1.65. The van der Waals surface area contributed by atoms with E-state index in [0.29, 0.717) is 24.5 Å². The average Bonchev–Trinajstić information content (AvgIpc) is 3.41. The largest absolute Gasteiger partial charge is 0.497 e. The number of pyridine rings is 1. The van der Waals surface area contributed by atoms with Crippen molar-refractivity contribution in [2.75, 3.05) is 13.7 Å². The van der Waals surface area contributed by atoms with Crippen LogP contribution >= 0.6 is 0 Å². The van der Waals surface area contributed by atoms with Gasteiger partial charge in [0, 0.05) is 24.2 Å². The molecule has 2 aromatic heterocycles. The molecule has 1 aliphatic rings. The molecule has 3 heterocycles. The van der Waals surface area contributed by atoms with Gasteiger partial charge in [-0.25, -0.2) is 4.68 Å². The summed E-state index contributed by atoms with van der Waals surface area (Å²) >= 11 is 0. The third-order valence-electron chi connectivity index (χ3n) is 7.46. The third kappa shape index (κ3) is 4.59. The van der Waals surface area contributed by atoms with Gasteiger partial charge in [-0.3, -0.25) is 9.69 Å². The number of aromatic nitrogens is 5. The van der Waals surface area contributed by atoms with Crippen molar-refractivity contribution in [1.82, 2.24) is 30.1 Å². The van der Waals surface area contributed by atoms with Crippen LogP contribution in [-0.2, 0) is 25.9 Å². The normalized spacial score (nSPS) is 14.4. The maximum atomic E-state index is 13.6. The molecular formula is C30H30N6O2.